The molecular weight excluding hydrogens is 447 g/mol. The first kappa shape index (κ1) is 20.1. The monoisotopic (exact) mass is 460 g/mol. The van der Waals surface area contributed by atoms with E-state index in [1.165, 1.54) is 12.1 Å². The molecule has 3 aromatic rings. The Morgan fingerprint density at radius 2 is 1.83 bits per heavy atom. The number of nitrogens with zero attached hydrogens (tertiary/aromatic N) is 3. The van der Waals surface area contributed by atoms with E-state index in [0.29, 0.717) is 10.0 Å². The van der Waals surface area contributed by atoms with Crippen molar-refractivity contribution in [2.75, 3.05) is 10.7 Å². The largest absolute Gasteiger partial charge is 0.355 e. The second-order valence-electron chi connectivity index (χ2n) is 5.87. The Morgan fingerprint density at radius 3 is 2.48 bits per heavy atom. The third-order valence-electron chi connectivity index (χ3n) is 3.80. The molecule has 0 saturated carbocycles. The molecule has 148 valence electrons. The van der Waals surface area contributed by atoms with Gasteiger partial charge in [-0.25, -0.2) is 14.4 Å². The number of nitro groups is 1. The van der Waals surface area contributed by atoms with Crippen LogP contribution in [0.4, 0.5) is 27.4 Å². The Bertz CT molecular complexity index is 1080. The molecule has 1 aromatic heterocycles. The standard InChI is InChI=1S/C18H14BrFN6O3/c1-10-2-4-11(5-3-10)18(27)25-24-17-15(26(28)29)16(21-9-22-17)23-14-7-6-12(19)8-13(14)20/h2-9H,1H3,(H,25,27)(H2,21,22,23,24). The number of rotatable bonds is 6. The normalized spacial score (nSPS) is 10.3. The topological polar surface area (TPSA) is 122 Å². The van der Waals surface area contributed by atoms with Gasteiger partial charge in [-0.3, -0.25) is 25.8 Å². The number of aromatic nitrogens is 2. The molecular formula is C18H14BrFN6O3. The van der Waals surface area contributed by atoms with Crippen molar-refractivity contribution < 1.29 is 14.1 Å². The van der Waals surface area contributed by atoms with E-state index in [1.807, 2.05) is 6.92 Å². The minimum atomic E-state index is -0.737. The van der Waals surface area contributed by atoms with E-state index in [-0.39, 0.29) is 17.3 Å². The van der Waals surface area contributed by atoms with Crippen molar-refractivity contribution in [3.8, 4) is 0 Å². The van der Waals surface area contributed by atoms with Crippen LogP contribution in [0, 0.1) is 22.9 Å². The van der Waals surface area contributed by atoms with Gasteiger partial charge in [-0.15, -0.1) is 0 Å². The lowest BCUT2D eigenvalue weighted by Gasteiger charge is -2.11. The van der Waals surface area contributed by atoms with Crippen molar-refractivity contribution in [2.24, 2.45) is 0 Å². The summed E-state index contributed by atoms with van der Waals surface area (Å²) in [6.07, 6.45) is 1.05. The molecule has 3 rings (SSSR count). The number of hydrogen-bond acceptors (Lipinski definition) is 7. The lowest BCUT2D eigenvalue weighted by molar-refractivity contribution is -0.383. The number of carbonyl (C=O) groups is 1. The maximum Gasteiger partial charge on any atom is 0.355 e. The molecule has 0 spiro atoms. The molecule has 3 N–H and O–H groups in total. The molecule has 0 aliphatic carbocycles. The zero-order valence-electron chi connectivity index (χ0n) is 14.9. The predicted molar refractivity (Wildman–Crippen MR) is 108 cm³/mol. The van der Waals surface area contributed by atoms with Crippen molar-refractivity contribution in [1.29, 1.82) is 0 Å². The molecule has 2 aromatic carbocycles. The summed E-state index contributed by atoms with van der Waals surface area (Å²) in [5.74, 6) is -1.63. The predicted octanol–water partition coefficient (Wildman–Crippen LogP) is 4.10. The van der Waals surface area contributed by atoms with Gasteiger partial charge in [0.1, 0.15) is 12.1 Å². The summed E-state index contributed by atoms with van der Waals surface area (Å²) in [4.78, 5) is 30.6. The van der Waals surface area contributed by atoms with Crippen LogP contribution < -0.4 is 16.2 Å². The van der Waals surface area contributed by atoms with Crippen molar-refractivity contribution in [1.82, 2.24) is 15.4 Å². The van der Waals surface area contributed by atoms with Crippen LogP contribution in [0.3, 0.4) is 0 Å². The third kappa shape index (κ3) is 4.82. The van der Waals surface area contributed by atoms with Crippen LogP contribution in [-0.2, 0) is 0 Å². The van der Waals surface area contributed by atoms with Gasteiger partial charge in [-0.2, -0.15) is 0 Å². The molecule has 0 aliphatic rings. The van der Waals surface area contributed by atoms with Gasteiger partial charge in [0, 0.05) is 10.0 Å². The maximum absolute atomic E-state index is 14.1. The van der Waals surface area contributed by atoms with Crippen LogP contribution in [-0.4, -0.2) is 20.8 Å². The number of amides is 1. The average Bonchev–Trinajstić information content (AvgIpc) is 2.68. The van der Waals surface area contributed by atoms with Crippen LogP contribution in [0.15, 0.2) is 53.3 Å². The van der Waals surface area contributed by atoms with Gasteiger partial charge in [-0.1, -0.05) is 33.6 Å². The highest BCUT2D eigenvalue weighted by atomic mass is 79.9. The molecule has 0 saturated heterocycles. The SMILES string of the molecule is Cc1ccc(C(=O)NNc2ncnc(Nc3ccc(Br)cc3F)c2[N+](=O)[O-])cc1. The fourth-order valence-corrected chi connectivity index (χ4v) is 2.68. The van der Waals surface area contributed by atoms with E-state index in [1.54, 1.807) is 30.3 Å². The number of benzene rings is 2. The van der Waals surface area contributed by atoms with Gasteiger partial charge >= 0.3 is 5.69 Å². The van der Waals surface area contributed by atoms with E-state index in [2.05, 4.69) is 42.1 Å². The Hall–Kier alpha value is -3.60. The summed E-state index contributed by atoms with van der Waals surface area (Å²) >= 11 is 3.14. The minimum absolute atomic E-state index is 0.00959. The van der Waals surface area contributed by atoms with Crippen LogP contribution in [0.25, 0.3) is 0 Å². The first-order valence-corrected chi connectivity index (χ1v) is 8.99. The zero-order chi connectivity index (χ0) is 21.0. The average molecular weight is 461 g/mol. The summed E-state index contributed by atoms with van der Waals surface area (Å²) in [6.45, 7) is 1.88. The van der Waals surface area contributed by atoms with E-state index < -0.39 is 22.3 Å². The van der Waals surface area contributed by atoms with Gasteiger partial charge in [0.25, 0.3) is 5.91 Å². The fraction of sp³-hybridized carbons (Fsp3) is 0.0556. The first-order valence-electron chi connectivity index (χ1n) is 8.19. The number of nitrogens with one attached hydrogen (secondary N) is 3. The zero-order valence-corrected chi connectivity index (χ0v) is 16.5. The second-order valence-corrected chi connectivity index (χ2v) is 6.79. The quantitative estimate of drug-likeness (QED) is 0.373. The molecule has 1 amide bonds. The number of carbonyl (C=O) groups excluding carboxylic acids is 1. The number of hydrazine groups is 1. The van der Waals surface area contributed by atoms with Crippen molar-refractivity contribution >= 4 is 44.8 Å². The van der Waals surface area contributed by atoms with Gasteiger partial charge in [0.15, 0.2) is 0 Å². The molecule has 0 unspecified atom stereocenters. The Labute approximate surface area is 172 Å². The molecule has 0 radical (unpaired) electrons. The second kappa shape index (κ2) is 8.61. The molecule has 1 heterocycles. The van der Waals surface area contributed by atoms with E-state index in [9.17, 15) is 19.3 Å². The molecule has 0 bridgehead atoms. The smallest absolute Gasteiger partial charge is 0.332 e. The first-order chi connectivity index (χ1) is 13.8. The number of halogens is 2. The van der Waals surface area contributed by atoms with Gasteiger partial charge in [0.05, 0.1) is 10.6 Å². The molecule has 11 heteroatoms. The third-order valence-corrected chi connectivity index (χ3v) is 4.29. The van der Waals surface area contributed by atoms with Crippen LogP contribution >= 0.6 is 15.9 Å². The number of aryl methyl sites for hydroxylation is 1. The van der Waals surface area contributed by atoms with E-state index in [4.69, 9.17) is 0 Å². The summed E-state index contributed by atoms with van der Waals surface area (Å²) < 4.78 is 14.6. The fourth-order valence-electron chi connectivity index (χ4n) is 2.35. The summed E-state index contributed by atoms with van der Waals surface area (Å²) in [6, 6.07) is 10.9. The number of anilines is 3. The summed E-state index contributed by atoms with van der Waals surface area (Å²) in [5, 5.41) is 14.1. The van der Waals surface area contributed by atoms with Gasteiger partial charge in [-0.05, 0) is 37.3 Å². The molecule has 0 fully saturated rings. The van der Waals surface area contributed by atoms with Crippen LogP contribution in [0.2, 0.25) is 0 Å². The lowest BCUT2D eigenvalue weighted by atomic mass is 10.1. The van der Waals surface area contributed by atoms with Crippen LogP contribution in [0.1, 0.15) is 15.9 Å². The molecule has 0 atom stereocenters. The number of hydrogen-bond donors (Lipinski definition) is 3. The molecule has 0 aliphatic heterocycles. The van der Waals surface area contributed by atoms with Crippen molar-refractivity contribution in [2.45, 2.75) is 6.92 Å². The van der Waals surface area contributed by atoms with Gasteiger partial charge in [0.2, 0.25) is 11.6 Å². The van der Waals surface area contributed by atoms with Crippen molar-refractivity contribution in [3.05, 3.63) is 80.3 Å². The minimum Gasteiger partial charge on any atom is -0.332 e. The molecule has 29 heavy (non-hydrogen) atoms. The lowest BCUT2D eigenvalue weighted by Crippen LogP contribution is -2.30. The summed E-state index contributed by atoms with van der Waals surface area (Å²) in [5.41, 5.74) is 5.55. The highest BCUT2D eigenvalue weighted by Gasteiger charge is 2.24. The molecule has 9 nitrogen and oxygen atoms in total. The Kier molecular flexibility index (Phi) is 5.98. The van der Waals surface area contributed by atoms with Crippen LogP contribution in [0.5, 0.6) is 0 Å². The summed E-state index contributed by atoms with van der Waals surface area (Å²) in [7, 11) is 0. The highest BCUT2D eigenvalue weighted by molar-refractivity contribution is 9.10. The Morgan fingerprint density at radius 1 is 1.14 bits per heavy atom. The van der Waals surface area contributed by atoms with E-state index >= 15 is 0 Å². The maximum atomic E-state index is 14.1. The highest BCUT2D eigenvalue weighted by Crippen LogP contribution is 2.32. The Balaban J connectivity index is 1.83. The van der Waals surface area contributed by atoms with Crippen molar-refractivity contribution in [3.63, 3.8) is 0 Å². The van der Waals surface area contributed by atoms with E-state index in [0.717, 1.165) is 11.9 Å². The van der Waals surface area contributed by atoms with Gasteiger partial charge < -0.3 is 5.32 Å².